The van der Waals surface area contributed by atoms with Gasteiger partial charge in [0.15, 0.2) is 0 Å². The second-order valence-corrected chi connectivity index (χ2v) is 9.18. The third-order valence-electron chi connectivity index (χ3n) is 5.72. The molecule has 166 valence electrons. The van der Waals surface area contributed by atoms with Crippen molar-refractivity contribution in [2.75, 3.05) is 0 Å². The first kappa shape index (κ1) is 23.0. The Kier molecular flexibility index (Phi) is 6.58. The average Bonchev–Trinajstić information content (AvgIpc) is 3.28. The van der Waals surface area contributed by atoms with Gasteiger partial charge in [-0.15, -0.1) is 0 Å². The highest BCUT2D eigenvalue weighted by Gasteiger charge is 2.52. The zero-order valence-corrected chi connectivity index (χ0v) is 17.8. The number of likely N-dealkylation sites (tertiary alicyclic amines) is 1. The average molecular weight is 431 g/mol. The highest BCUT2D eigenvalue weighted by atomic mass is 19.1. The highest BCUT2D eigenvalue weighted by molar-refractivity contribution is 6.58. The predicted molar refractivity (Wildman–Crippen MR) is 110 cm³/mol. The van der Waals surface area contributed by atoms with Crippen LogP contribution >= 0.6 is 0 Å². The van der Waals surface area contributed by atoms with Crippen molar-refractivity contribution in [1.29, 1.82) is 5.26 Å². The summed E-state index contributed by atoms with van der Waals surface area (Å²) in [5, 5.41) is 30.7. The summed E-state index contributed by atoms with van der Waals surface area (Å²) in [7, 11) is -1.77. The second kappa shape index (κ2) is 8.85. The standard InChI is InChI=1S/C21H27BFN3O5/c1-21(2,3)31-20(28)26-16-6-4-12(10-16)18(26)19(27)25-15(11-24)9-13-8-14(22(29)30)5-7-17(13)23/h5,7-8,12,15-16,18,29-30H,4,6,9-10H2,1-3H3,(H,25,27). The molecule has 1 saturated carbocycles. The van der Waals surface area contributed by atoms with E-state index in [0.29, 0.717) is 6.42 Å². The Morgan fingerprint density at radius 2 is 2.10 bits per heavy atom. The molecule has 0 spiro atoms. The maximum atomic E-state index is 14.2. The van der Waals surface area contributed by atoms with Crippen LogP contribution < -0.4 is 10.8 Å². The van der Waals surface area contributed by atoms with Gasteiger partial charge < -0.3 is 20.1 Å². The Morgan fingerprint density at radius 1 is 1.39 bits per heavy atom. The minimum absolute atomic E-state index is 0.0125. The van der Waals surface area contributed by atoms with Crippen molar-refractivity contribution in [2.24, 2.45) is 5.92 Å². The van der Waals surface area contributed by atoms with E-state index in [1.165, 1.54) is 17.0 Å². The topological polar surface area (TPSA) is 123 Å². The minimum Gasteiger partial charge on any atom is -0.444 e. The zero-order valence-electron chi connectivity index (χ0n) is 17.8. The van der Waals surface area contributed by atoms with Gasteiger partial charge in [0.2, 0.25) is 5.91 Å². The molecular weight excluding hydrogens is 404 g/mol. The number of hydrogen-bond acceptors (Lipinski definition) is 6. The fourth-order valence-electron chi connectivity index (χ4n) is 4.42. The van der Waals surface area contributed by atoms with Crippen LogP contribution in [0.5, 0.6) is 0 Å². The molecule has 2 fully saturated rings. The van der Waals surface area contributed by atoms with Gasteiger partial charge in [0, 0.05) is 12.5 Å². The van der Waals surface area contributed by atoms with Crippen LogP contribution in [0.2, 0.25) is 0 Å². The van der Waals surface area contributed by atoms with E-state index in [9.17, 15) is 29.3 Å². The molecule has 1 saturated heterocycles. The number of halogens is 1. The van der Waals surface area contributed by atoms with E-state index in [0.717, 1.165) is 18.9 Å². The number of rotatable bonds is 5. The first-order chi connectivity index (χ1) is 14.5. The fourth-order valence-corrected chi connectivity index (χ4v) is 4.42. The molecule has 1 aromatic carbocycles. The molecule has 2 aliphatic rings. The molecule has 0 aromatic heterocycles. The molecule has 8 nitrogen and oxygen atoms in total. The van der Waals surface area contributed by atoms with E-state index >= 15 is 0 Å². The van der Waals surface area contributed by atoms with Gasteiger partial charge in [-0.25, -0.2) is 9.18 Å². The molecule has 1 aliphatic carbocycles. The molecule has 2 amide bonds. The van der Waals surface area contributed by atoms with Crippen LogP contribution in [0.25, 0.3) is 0 Å². The number of fused-ring (bicyclic) bond motifs is 2. The van der Waals surface area contributed by atoms with Crippen LogP contribution in [0.15, 0.2) is 18.2 Å². The van der Waals surface area contributed by atoms with E-state index in [1.807, 2.05) is 6.07 Å². The molecule has 10 heteroatoms. The summed E-state index contributed by atoms with van der Waals surface area (Å²) in [6, 6.07) is 3.66. The molecule has 4 atom stereocenters. The Labute approximate surface area is 181 Å². The van der Waals surface area contributed by atoms with E-state index in [-0.39, 0.29) is 29.4 Å². The van der Waals surface area contributed by atoms with Gasteiger partial charge in [-0.2, -0.15) is 5.26 Å². The summed E-state index contributed by atoms with van der Waals surface area (Å²) in [4.78, 5) is 27.2. The summed E-state index contributed by atoms with van der Waals surface area (Å²) in [6.07, 6.45) is 1.62. The molecule has 2 bridgehead atoms. The molecule has 3 N–H and O–H groups in total. The van der Waals surface area contributed by atoms with Gasteiger partial charge in [0.25, 0.3) is 0 Å². The molecule has 0 radical (unpaired) electrons. The monoisotopic (exact) mass is 431 g/mol. The Balaban J connectivity index is 1.73. The molecule has 4 unspecified atom stereocenters. The maximum Gasteiger partial charge on any atom is 0.488 e. The van der Waals surface area contributed by atoms with Gasteiger partial charge in [-0.3, -0.25) is 9.69 Å². The lowest BCUT2D eigenvalue weighted by atomic mass is 9.79. The van der Waals surface area contributed by atoms with Crippen molar-refractivity contribution in [1.82, 2.24) is 10.2 Å². The van der Waals surface area contributed by atoms with Gasteiger partial charge in [0.1, 0.15) is 23.5 Å². The fraction of sp³-hybridized carbons (Fsp3) is 0.571. The summed E-state index contributed by atoms with van der Waals surface area (Å²) in [6.45, 7) is 5.27. The quantitative estimate of drug-likeness (QED) is 0.594. The van der Waals surface area contributed by atoms with Crippen molar-refractivity contribution < 1.29 is 28.8 Å². The first-order valence-corrected chi connectivity index (χ1v) is 10.4. The van der Waals surface area contributed by atoms with E-state index in [2.05, 4.69) is 5.32 Å². The number of nitriles is 1. The van der Waals surface area contributed by atoms with Crippen molar-refractivity contribution in [2.45, 2.75) is 70.2 Å². The lowest BCUT2D eigenvalue weighted by Gasteiger charge is -2.35. The Morgan fingerprint density at radius 3 is 2.71 bits per heavy atom. The number of nitrogens with zero attached hydrogens (tertiary/aromatic N) is 2. The van der Waals surface area contributed by atoms with Crippen LogP contribution in [0, 0.1) is 23.1 Å². The van der Waals surface area contributed by atoms with Gasteiger partial charge in [0.05, 0.1) is 6.07 Å². The third-order valence-corrected chi connectivity index (χ3v) is 5.72. The van der Waals surface area contributed by atoms with Crippen LogP contribution in [-0.4, -0.2) is 57.8 Å². The second-order valence-electron chi connectivity index (χ2n) is 9.18. The summed E-state index contributed by atoms with van der Waals surface area (Å²) in [5.41, 5.74) is -0.535. The van der Waals surface area contributed by atoms with E-state index in [4.69, 9.17) is 4.74 Å². The van der Waals surface area contributed by atoms with Crippen molar-refractivity contribution >= 4 is 24.6 Å². The maximum absolute atomic E-state index is 14.2. The highest BCUT2D eigenvalue weighted by Crippen LogP contribution is 2.43. The SMILES string of the molecule is CC(C)(C)OC(=O)N1C2CCC(C2)C1C(=O)NC(C#N)Cc1cc(B(O)O)ccc1F. The van der Waals surface area contributed by atoms with Crippen LogP contribution in [0.4, 0.5) is 9.18 Å². The molecular formula is C21H27BFN3O5. The van der Waals surface area contributed by atoms with Crippen molar-refractivity contribution in [3.05, 3.63) is 29.6 Å². The largest absolute Gasteiger partial charge is 0.488 e. The number of piperidine rings is 1. The van der Waals surface area contributed by atoms with E-state index in [1.54, 1.807) is 20.8 Å². The van der Waals surface area contributed by atoms with Gasteiger partial charge in [-0.05, 0) is 63.0 Å². The molecule has 31 heavy (non-hydrogen) atoms. The van der Waals surface area contributed by atoms with Crippen molar-refractivity contribution in [3.8, 4) is 6.07 Å². The number of carbonyl (C=O) groups is 2. The number of ether oxygens (including phenoxy) is 1. The van der Waals surface area contributed by atoms with Crippen LogP contribution in [0.1, 0.15) is 45.6 Å². The van der Waals surface area contributed by atoms with Gasteiger partial charge >= 0.3 is 13.2 Å². The van der Waals surface area contributed by atoms with Crippen molar-refractivity contribution in [3.63, 3.8) is 0 Å². The van der Waals surface area contributed by atoms with Crippen LogP contribution in [0.3, 0.4) is 0 Å². The molecule has 3 rings (SSSR count). The Bertz CT molecular complexity index is 898. The Hall–Kier alpha value is -2.64. The summed E-state index contributed by atoms with van der Waals surface area (Å²) in [5.74, 6) is -1.10. The molecule has 1 aliphatic heterocycles. The normalized spacial score (nSPS) is 23.3. The lowest BCUT2D eigenvalue weighted by Crippen LogP contribution is -2.55. The predicted octanol–water partition coefficient (Wildman–Crippen LogP) is 0.844. The smallest absolute Gasteiger partial charge is 0.444 e. The molecule has 1 aromatic rings. The van der Waals surface area contributed by atoms with Gasteiger partial charge in [-0.1, -0.05) is 12.1 Å². The molecule has 1 heterocycles. The lowest BCUT2D eigenvalue weighted by molar-refractivity contribution is -0.128. The van der Waals surface area contributed by atoms with E-state index < -0.39 is 42.6 Å². The zero-order chi connectivity index (χ0) is 22.9. The number of benzene rings is 1. The number of carbonyl (C=O) groups excluding carboxylic acids is 2. The summed E-state index contributed by atoms with van der Waals surface area (Å²) >= 11 is 0. The number of hydrogen-bond donors (Lipinski definition) is 3. The minimum atomic E-state index is -1.77. The third kappa shape index (κ3) is 5.17. The number of nitrogens with one attached hydrogen (secondary N) is 1. The summed E-state index contributed by atoms with van der Waals surface area (Å²) < 4.78 is 19.6. The number of amides is 2. The first-order valence-electron chi connectivity index (χ1n) is 10.4. The van der Waals surface area contributed by atoms with Crippen LogP contribution in [-0.2, 0) is 16.0 Å².